The monoisotopic (exact) mass is 385 g/mol. The Morgan fingerprint density at radius 1 is 1.15 bits per heavy atom. The summed E-state index contributed by atoms with van der Waals surface area (Å²) in [5.74, 6) is -3.19. The molecule has 3 rings (SSSR count). The van der Waals surface area contributed by atoms with E-state index >= 15 is 0 Å². The average molecular weight is 385 g/mol. The van der Waals surface area contributed by atoms with E-state index in [1.807, 2.05) is 0 Å². The van der Waals surface area contributed by atoms with Crippen LogP contribution in [0, 0.1) is 17.1 Å². The number of nitriles is 1. The van der Waals surface area contributed by atoms with Crippen LogP contribution < -0.4 is 20.7 Å². The van der Waals surface area contributed by atoms with Crippen LogP contribution in [0.1, 0.15) is 25.1 Å². The second-order valence-corrected chi connectivity index (χ2v) is 6.17. The third kappa shape index (κ3) is 2.83. The van der Waals surface area contributed by atoms with E-state index in [2.05, 4.69) is 0 Å². The molecule has 2 aromatic rings. The zero-order chi connectivity index (χ0) is 20.3. The number of benzene rings is 1. The molecule has 1 aliphatic rings. The molecule has 142 valence electrons. The lowest BCUT2D eigenvalue weighted by molar-refractivity contribution is -0.144. The van der Waals surface area contributed by atoms with Crippen LogP contribution in [0.15, 0.2) is 21.7 Å². The van der Waals surface area contributed by atoms with Gasteiger partial charge in [-0.05, 0) is 6.07 Å². The van der Waals surface area contributed by atoms with E-state index in [0.717, 1.165) is 7.05 Å². The maximum Gasteiger partial charge on any atom is 0.431 e. The van der Waals surface area contributed by atoms with Gasteiger partial charge in [-0.1, -0.05) is 0 Å². The van der Waals surface area contributed by atoms with Crippen molar-refractivity contribution in [3.63, 3.8) is 0 Å². The summed E-state index contributed by atoms with van der Waals surface area (Å²) >= 11 is 0. The Morgan fingerprint density at radius 2 is 1.74 bits per heavy atom. The molecule has 2 heterocycles. The highest BCUT2D eigenvalue weighted by atomic mass is 19.4. The summed E-state index contributed by atoms with van der Waals surface area (Å²) in [6, 6.07) is 2.57. The number of rotatable bonds is 1. The second kappa shape index (κ2) is 5.60. The highest BCUT2D eigenvalue weighted by Crippen LogP contribution is 2.46. The average Bonchev–Trinajstić information content (AvgIpc) is 2.86. The molecule has 0 bridgehead atoms. The maximum atomic E-state index is 14.6. The van der Waals surface area contributed by atoms with Crippen molar-refractivity contribution in [3.8, 4) is 23.3 Å². The summed E-state index contributed by atoms with van der Waals surface area (Å²) in [5, 5.41) is 9.13. The predicted molar refractivity (Wildman–Crippen MR) is 82.3 cm³/mol. The summed E-state index contributed by atoms with van der Waals surface area (Å²) in [6.07, 6.45) is -4.96. The third-order valence-electron chi connectivity index (χ3n) is 3.81. The molecule has 0 amide bonds. The Balaban J connectivity index is 2.41. The highest BCUT2D eigenvalue weighted by molar-refractivity contribution is 5.65. The number of hydrogen-bond donors (Lipinski definition) is 0. The van der Waals surface area contributed by atoms with Crippen LogP contribution in [0.3, 0.4) is 0 Å². The summed E-state index contributed by atoms with van der Waals surface area (Å²) < 4.78 is 64.8. The smallest absolute Gasteiger partial charge is 0.431 e. The van der Waals surface area contributed by atoms with Gasteiger partial charge in [-0.2, -0.15) is 18.4 Å². The lowest BCUT2D eigenvalue weighted by Crippen LogP contribution is -2.41. The first-order valence-corrected chi connectivity index (χ1v) is 7.42. The summed E-state index contributed by atoms with van der Waals surface area (Å²) in [6.45, 7) is 2.87. The number of hydrogen-bond acceptors (Lipinski definition) is 5. The fraction of sp³-hybridized carbons (Fsp3) is 0.312. The number of fused-ring (bicyclic) bond motifs is 1. The molecule has 11 heteroatoms. The Labute approximate surface area is 148 Å². The van der Waals surface area contributed by atoms with Gasteiger partial charge in [0.05, 0.1) is 0 Å². The minimum atomic E-state index is -4.96. The lowest BCUT2D eigenvalue weighted by Gasteiger charge is -2.17. The molecule has 0 N–H and O–H groups in total. The molecule has 1 aromatic heterocycles. The standard InChI is InChI=1S/C16H11F4N3O4/c1-15(2)26-12-7(6-21)4-8(17)11(13(12)27-15)23-10(24)5-9(16(18,19)20)22(3)14(23)25/h4-5H,1-3H3. The van der Waals surface area contributed by atoms with Crippen molar-refractivity contribution in [1.29, 1.82) is 5.26 Å². The first-order valence-electron chi connectivity index (χ1n) is 7.42. The van der Waals surface area contributed by atoms with Gasteiger partial charge in [0.25, 0.3) is 5.56 Å². The molecule has 0 spiro atoms. The summed E-state index contributed by atoms with van der Waals surface area (Å²) in [4.78, 5) is 24.7. The van der Waals surface area contributed by atoms with Crippen molar-refractivity contribution >= 4 is 0 Å². The van der Waals surface area contributed by atoms with E-state index in [1.165, 1.54) is 13.8 Å². The first-order chi connectivity index (χ1) is 12.4. The third-order valence-corrected chi connectivity index (χ3v) is 3.81. The fourth-order valence-electron chi connectivity index (χ4n) is 2.70. The minimum Gasteiger partial charge on any atom is -0.448 e. The van der Waals surface area contributed by atoms with Gasteiger partial charge < -0.3 is 9.47 Å². The van der Waals surface area contributed by atoms with Gasteiger partial charge in [-0.3, -0.25) is 9.36 Å². The van der Waals surface area contributed by atoms with E-state index in [1.54, 1.807) is 6.07 Å². The van der Waals surface area contributed by atoms with Gasteiger partial charge in [0, 0.05) is 27.0 Å². The van der Waals surface area contributed by atoms with E-state index < -0.39 is 46.2 Å². The molecule has 0 saturated carbocycles. The van der Waals surface area contributed by atoms with Crippen LogP contribution >= 0.6 is 0 Å². The largest absolute Gasteiger partial charge is 0.448 e. The van der Waals surface area contributed by atoms with E-state index in [0.29, 0.717) is 6.07 Å². The Morgan fingerprint density at radius 3 is 2.30 bits per heavy atom. The summed E-state index contributed by atoms with van der Waals surface area (Å²) in [7, 11) is 0.796. The van der Waals surface area contributed by atoms with Gasteiger partial charge in [-0.25, -0.2) is 13.8 Å². The van der Waals surface area contributed by atoms with Crippen molar-refractivity contribution in [1.82, 2.24) is 9.13 Å². The van der Waals surface area contributed by atoms with E-state index in [4.69, 9.17) is 14.7 Å². The molecule has 0 saturated heterocycles. The molecule has 0 atom stereocenters. The van der Waals surface area contributed by atoms with Crippen molar-refractivity contribution in [3.05, 3.63) is 50.0 Å². The Bertz CT molecular complexity index is 1120. The predicted octanol–water partition coefficient (Wildman–Crippen LogP) is 2.07. The van der Waals surface area contributed by atoms with Gasteiger partial charge in [0.1, 0.15) is 23.0 Å². The molecule has 0 radical (unpaired) electrons. The van der Waals surface area contributed by atoms with Crippen LogP contribution in [0.2, 0.25) is 0 Å². The molecule has 27 heavy (non-hydrogen) atoms. The number of aromatic nitrogens is 2. The molecule has 7 nitrogen and oxygen atoms in total. The van der Waals surface area contributed by atoms with Crippen LogP contribution in [-0.2, 0) is 13.2 Å². The normalized spacial score (nSPS) is 14.9. The number of alkyl halides is 3. The topological polar surface area (TPSA) is 86.2 Å². The quantitative estimate of drug-likeness (QED) is 0.702. The van der Waals surface area contributed by atoms with Crippen LogP contribution in [-0.4, -0.2) is 14.9 Å². The lowest BCUT2D eigenvalue weighted by atomic mass is 10.1. The maximum absolute atomic E-state index is 14.6. The SMILES string of the molecule is Cn1c(C(F)(F)F)cc(=O)n(-c2c(F)cc(C#N)c3c2OC(C)(C)O3)c1=O. The van der Waals surface area contributed by atoms with Crippen LogP contribution in [0.5, 0.6) is 11.5 Å². The Kier molecular flexibility index (Phi) is 3.84. The fourth-order valence-corrected chi connectivity index (χ4v) is 2.70. The van der Waals surface area contributed by atoms with Gasteiger partial charge in [0.15, 0.2) is 17.3 Å². The van der Waals surface area contributed by atoms with Crippen LogP contribution in [0.25, 0.3) is 5.69 Å². The van der Waals surface area contributed by atoms with Gasteiger partial charge in [-0.15, -0.1) is 0 Å². The second-order valence-electron chi connectivity index (χ2n) is 6.17. The number of ether oxygens (including phenoxy) is 2. The molecular formula is C16H11F4N3O4. The number of halogens is 4. The Hall–Kier alpha value is -3.29. The summed E-state index contributed by atoms with van der Waals surface area (Å²) in [5.41, 5.74) is -5.32. The molecule has 0 unspecified atom stereocenters. The molecule has 0 fully saturated rings. The van der Waals surface area contributed by atoms with Gasteiger partial charge >= 0.3 is 11.9 Å². The van der Waals surface area contributed by atoms with Crippen molar-refractivity contribution < 1.29 is 27.0 Å². The number of nitrogens with zero attached hydrogens (tertiary/aromatic N) is 3. The van der Waals surface area contributed by atoms with Crippen molar-refractivity contribution in [2.45, 2.75) is 25.8 Å². The van der Waals surface area contributed by atoms with E-state index in [9.17, 15) is 27.2 Å². The van der Waals surface area contributed by atoms with Crippen molar-refractivity contribution in [2.75, 3.05) is 0 Å². The minimum absolute atomic E-state index is 0.173. The zero-order valence-electron chi connectivity index (χ0n) is 14.1. The van der Waals surface area contributed by atoms with Crippen molar-refractivity contribution in [2.24, 2.45) is 7.05 Å². The molecule has 0 aliphatic carbocycles. The highest BCUT2D eigenvalue weighted by Gasteiger charge is 2.40. The molecule has 1 aromatic carbocycles. The first kappa shape index (κ1) is 18.5. The zero-order valence-corrected chi connectivity index (χ0v) is 14.1. The van der Waals surface area contributed by atoms with E-state index in [-0.39, 0.29) is 26.5 Å². The van der Waals surface area contributed by atoms with Gasteiger partial charge in [0.2, 0.25) is 5.79 Å². The molecular weight excluding hydrogens is 374 g/mol. The molecule has 1 aliphatic heterocycles. The van der Waals surface area contributed by atoms with Crippen LogP contribution in [0.4, 0.5) is 17.6 Å².